The van der Waals surface area contributed by atoms with E-state index in [0.29, 0.717) is 17.1 Å². The van der Waals surface area contributed by atoms with E-state index in [1.165, 1.54) is 18.3 Å². The molecule has 1 aromatic heterocycles. The quantitative estimate of drug-likeness (QED) is 0.342. The minimum Gasteiger partial charge on any atom is -0.478 e. The number of carboxylic acid groups (broad SMARTS) is 1. The Labute approximate surface area is 162 Å². The molecule has 26 heavy (non-hydrogen) atoms. The number of halogens is 1. The van der Waals surface area contributed by atoms with Crippen molar-refractivity contribution < 1.29 is 19.1 Å². The van der Waals surface area contributed by atoms with Gasteiger partial charge in [-0.3, -0.25) is 4.79 Å². The van der Waals surface area contributed by atoms with Crippen LogP contribution in [0.1, 0.15) is 26.5 Å². The molecule has 0 aliphatic heterocycles. The van der Waals surface area contributed by atoms with Crippen LogP contribution in [0.25, 0.3) is 11.3 Å². The Morgan fingerprint density at radius 3 is 2.50 bits per heavy atom. The molecule has 0 aliphatic carbocycles. The highest BCUT2D eigenvalue weighted by Crippen LogP contribution is 2.22. The standard InChI is InChI=1S/C19H13IN2O4/c20-15-3-1-2-14(10-15)18(23)22-21-11-16-8-9-17(26-16)12-4-6-13(7-5-12)19(24)25/h1-11H,(H,22,23)(H,24,25)/b21-11-. The highest BCUT2D eigenvalue weighted by molar-refractivity contribution is 14.1. The molecule has 7 heteroatoms. The number of nitrogens with zero attached hydrogens (tertiary/aromatic N) is 1. The fraction of sp³-hybridized carbons (Fsp3) is 0. The van der Waals surface area contributed by atoms with Gasteiger partial charge in [0.05, 0.1) is 11.8 Å². The monoisotopic (exact) mass is 460 g/mol. The summed E-state index contributed by atoms with van der Waals surface area (Å²) in [6, 6.07) is 17.0. The van der Waals surface area contributed by atoms with Crippen molar-refractivity contribution in [1.82, 2.24) is 5.43 Å². The fourth-order valence-corrected chi connectivity index (χ4v) is 2.75. The molecule has 1 amide bonds. The van der Waals surface area contributed by atoms with Gasteiger partial charge in [-0.15, -0.1) is 0 Å². The maximum atomic E-state index is 12.0. The van der Waals surface area contributed by atoms with Crippen LogP contribution in [0.4, 0.5) is 0 Å². The van der Waals surface area contributed by atoms with Crippen LogP contribution < -0.4 is 5.43 Å². The smallest absolute Gasteiger partial charge is 0.335 e. The van der Waals surface area contributed by atoms with E-state index in [9.17, 15) is 9.59 Å². The molecule has 0 bridgehead atoms. The summed E-state index contributed by atoms with van der Waals surface area (Å²) in [5, 5.41) is 12.8. The topological polar surface area (TPSA) is 91.9 Å². The lowest BCUT2D eigenvalue weighted by molar-refractivity contribution is 0.0696. The number of carboxylic acids is 1. The van der Waals surface area contributed by atoms with E-state index in [2.05, 4.69) is 33.1 Å². The van der Waals surface area contributed by atoms with Crippen molar-refractivity contribution in [2.24, 2.45) is 5.10 Å². The van der Waals surface area contributed by atoms with Crippen molar-refractivity contribution in [3.05, 3.63) is 81.1 Å². The summed E-state index contributed by atoms with van der Waals surface area (Å²) in [6.45, 7) is 0. The van der Waals surface area contributed by atoms with Gasteiger partial charge < -0.3 is 9.52 Å². The molecule has 2 aromatic carbocycles. The van der Waals surface area contributed by atoms with Gasteiger partial charge in [-0.2, -0.15) is 5.10 Å². The third kappa shape index (κ3) is 4.37. The lowest BCUT2D eigenvalue weighted by Gasteiger charge is -2.00. The molecule has 3 aromatic rings. The number of hydrogen-bond acceptors (Lipinski definition) is 4. The number of amides is 1. The van der Waals surface area contributed by atoms with Crippen molar-refractivity contribution in [3.63, 3.8) is 0 Å². The van der Waals surface area contributed by atoms with Crippen molar-refractivity contribution in [3.8, 4) is 11.3 Å². The molecule has 1 heterocycles. The van der Waals surface area contributed by atoms with Crippen molar-refractivity contribution >= 4 is 40.7 Å². The summed E-state index contributed by atoms with van der Waals surface area (Å²) in [4.78, 5) is 22.9. The Balaban J connectivity index is 1.65. The lowest BCUT2D eigenvalue weighted by Crippen LogP contribution is -2.17. The predicted molar refractivity (Wildman–Crippen MR) is 105 cm³/mol. The Morgan fingerprint density at radius 2 is 1.81 bits per heavy atom. The maximum absolute atomic E-state index is 12.0. The Kier molecular flexibility index (Phi) is 5.47. The number of carbonyl (C=O) groups excluding carboxylic acids is 1. The van der Waals surface area contributed by atoms with Gasteiger partial charge in [0.15, 0.2) is 0 Å². The molecule has 0 radical (unpaired) electrons. The zero-order chi connectivity index (χ0) is 18.5. The number of nitrogens with one attached hydrogen (secondary N) is 1. The first-order valence-electron chi connectivity index (χ1n) is 7.55. The van der Waals surface area contributed by atoms with Crippen molar-refractivity contribution in [1.29, 1.82) is 0 Å². The molecule has 0 atom stereocenters. The van der Waals surface area contributed by atoms with Gasteiger partial charge in [0.2, 0.25) is 0 Å². The zero-order valence-corrected chi connectivity index (χ0v) is 15.5. The third-order valence-corrected chi connectivity index (χ3v) is 4.16. The van der Waals surface area contributed by atoms with Gasteiger partial charge >= 0.3 is 5.97 Å². The molecule has 6 nitrogen and oxygen atoms in total. The van der Waals surface area contributed by atoms with Gasteiger partial charge in [0.1, 0.15) is 11.5 Å². The summed E-state index contributed by atoms with van der Waals surface area (Å²) in [5.74, 6) is -0.249. The molecule has 130 valence electrons. The molecule has 0 saturated heterocycles. The van der Waals surface area contributed by atoms with Crippen LogP contribution in [0.15, 0.2) is 70.2 Å². The van der Waals surface area contributed by atoms with E-state index in [-0.39, 0.29) is 11.5 Å². The summed E-state index contributed by atoms with van der Waals surface area (Å²) in [5.41, 5.74) is 3.92. The number of benzene rings is 2. The van der Waals surface area contributed by atoms with Crippen molar-refractivity contribution in [2.45, 2.75) is 0 Å². The van der Waals surface area contributed by atoms with Crippen LogP contribution in [0, 0.1) is 3.57 Å². The minimum absolute atomic E-state index is 0.209. The van der Waals surface area contributed by atoms with E-state index < -0.39 is 5.97 Å². The third-order valence-electron chi connectivity index (χ3n) is 3.49. The molecule has 0 unspecified atom stereocenters. The normalized spacial score (nSPS) is 10.8. The molecule has 0 aliphatic rings. The molecule has 0 saturated carbocycles. The van der Waals surface area contributed by atoms with Crippen LogP contribution in [0.3, 0.4) is 0 Å². The van der Waals surface area contributed by atoms with Gasteiger partial charge in [-0.25, -0.2) is 10.2 Å². The van der Waals surface area contributed by atoms with E-state index in [0.717, 1.165) is 9.13 Å². The SMILES string of the molecule is O=C(O)c1ccc(-c2ccc(/C=N\NC(=O)c3cccc(I)c3)o2)cc1. The summed E-state index contributed by atoms with van der Waals surface area (Å²) >= 11 is 2.13. The molecule has 0 spiro atoms. The highest BCUT2D eigenvalue weighted by atomic mass is 127. The zero-order valence-electron chi connectivity index (χ0n) is 13.3. The number of aromatic carboxylic acids is 1. The van der Waals surface area contributed by atoms with Crippen LogP contribution in [-0.4, -0.2) is 23.2 Å². The summed E-state index contributed by atoms with van der Waals surface area (Å²) < 4.78 is 6.59. The van der Waals surface area contributed by atoms with Crippen LogP contribution >= 0.6 is 22.6 Å². The second kappa shape index (κ2) is 7.96. The number of rotatable bonds is 5. The van der Waals surface area contributed by atoms with Gasteiger partial charge in [-0.1, -0.05) is 18.2 Å². The molecule has 0 fully saturated rings. The summed E-state index contributed by atoms with van der Waals surface area (Å²) in [6.07, 6.45) is 1.40. The second-order valence-corrected chi connectivity index (χ2v) is 6.54. The molecular weight excluding hydrogens is 447 g/mol. The molecular formula is C19H13IN2O4. The Morgan fingerprint density at radius 1 is 1.04 bits per heavy atom. The second-order valence-electron chi connectivity index (χ2n) is 5.29. The first-order valence-corrected chi connectivity index (χ1v) is 8.63. The first-order chi connectivity index (χ1) is 12.5. The Hall–Kier alpha value is -2.94. The predicted octanol–water partition coefficient (Wildman–Crippen LogP) is 4.01. The van der Waals surface area contributed by atoms with E-state index in [1.807, 2.05) is 6.07 Å². The fourth-order valence-electron chi connectivity index (χ4n) is 2.20. The summed E-state index contributed by atoms with van der Waals surface area (Å²) in [7, 11) is 0. The van der Waals surface area contributed by atoms with Crippen LogP contribution in [0.2, 0.25) is 0 Å². The number of furan rings is 1. The molecule has 2 N–H and O–H groups in total. The van der Waals surface area contributed by atoms with Crippen LogP contribution in [-0.2, 0) is 0 Å². The first kappa shape index (κ1) is 17.9. The largest absolute Gasteiger partial charge is 0.478 e. The van der Waals surface area contributed by atoms with Gasteiger partial charge in [0, 0.05) is 14.7 Å². The number of hydrogen-bond donors (Lipinski definition) is 2. The van der Waals surface area contributed by atoms with Crippen LogP contribution in [0.5, 0.6) is 0 Å². The minimum atomic E-state index is -0.979. The number of carbonyl (C=O) groups is 2. The van der Waals surface area contributed by atoms with Gasteiger partial charge in [0.25, 0.3) is 5.91 Å². The van der Waals surface area contributed by atoms with Gasteiger partial charge in [-0.05, 0) is 65.1 Å². The Bertz CT molecular complexity index is 977. The average Bonchev–Trinajstić information content (AvgIpc) is 3.10. The molecule has 3 rings (SSSR count). The number of hydrazone groups is 1. The van der Waals surface area contributed by atoms with E-state index in [1.54, 1.807) is 42.5 Å². The highest BCUT2D eigenvalue weighted by Gasteiger charge is 2.07. The lowest BCUT2D eigenvalue weighted by atomic mass is 10.1. The van der Waals surface area contributed by atoms with E-state index in [4.69, 9.17) is 9.52 Å². The van der Waals surface area contributed by atoms with Crippen molar-refractivity contribution in [2.75, 3.05) is 0 Å². The maximum Gasteiger partial charge on any atom is 0.335 e. The van der Waals surface area contributed by atoms with E-state index >= 15 is 0 Å². The average molecular weight is 460 g/mol.